The molecular weight excluding hydrogens is 268 g/mol. The summed E-state index contributed by atoms with van der Waals surface area (Å²) in [5.74, 6) is 1.79. The molecule has 0 aliphatic carbocycles. The highest BCUT2D eigenvalue weighted by molar-refractivity contribution is 7.12. The zero-order chi connectivity index (χ0) is 14.7. The third kappa shape index (κ3) is 3.10. The van der Waals surface area contributed by atoms with Crippen LogP contribution in [-0.2, 0) is 0 Å². The van der Waals surface area contributed by atoms with Gasteiger partial charge in [0.25, 0.3) is 0 Å². The maximum Gasteiger partial charge on any atom is 0.134 e. The Kier molecular flexibility index (Phi) is 4.60. The number of nitrogens with one attached hydrogen (secondary N) is 2. The van der Waals surface area contributed by atoms with E-state index in [-0.39, 0.29) is 6.04 Å². The fourth-order valence-electron chi connectivity index (χ4n) is 2.30. The number of hydrogen-bond donors (Lipinski definition) is 2. The number of aryl methyl sites for hydroxylation is 2. The van der Waals surface area contributed by atoms with E-state index in [9.17, 15) is 0 Å². The predicted octanol–water partition coefficient (Wildman–Crippen LogP) is 4.07. The summed E-state index contributed by atoms with van der Waals surface area (Å²) < 4.78 is 0. The molecule has 2 heterocycles. The summed E-state index contributed by atoms with van der Waals surface area (Å²) in [6.45, 7) is 11.4. The molecule has 2 aromatic heterocycles. The molecule has 20 heavy (non-hydrogen) atoms. The second-order valence-corrected chi connectivity index (χ2v) is 6.42. The van der Waals surface area contributed by atoms with Crippen molar-refractivity contribution in [3.05, 3.63) is 33.3 Å². The lowest BCUT2D eigenvalue weighted by Gasteiger charge is -2.17. The highest BCUT2D eigenvalue weighted by Crippen LogP contribution is 2.29. The lowest BCUT2D eigenvalue weighted by Crippen LogP contribution is -2.11. The maximum atomic E-state index is 4.36. The van der Waals surface area contributed by atoms with Gasteiger partial charge in [0.1, 0.15) is 18.0 Å². The van der Waals surface area contributed by atoms with Gasteiger partial charge in [-0.25, -0.2) is 9.97 Å². The Balaban J connectivity index is 2.21. The molecule has 108 valence electrons. The van der Waals surface area contributed by atoms with Crippen molar-refractivity contribution >= 4 is 23.0 Å². The molecule has 0 spiro atoms. The molecule has 4 nitrogen and oxygen atoms in total. The van der Waals surface area contributed by atoms with Crippen LogP contribution < -0.4 is 10.6 Å². The van der Waals surface area contributed by atoms with Crippen LogP contribution in [0.1, 0.15) is 40.8 Å². The Bertz CT molecular complexity index is 592. The zero-order valence-electron chi connectivity index (χ0n) is 12.7. The molecule has 2 N–H and O–H groups in total. The van der Waals surface area contributed by atoms with Gasteiger partial charge in [0.15, 0.2) is 0 Å². The lowest BCUT2D eigenvalue weighted by atomic mass is 10.1. The molecule has 0 radical (unpaired) electrons. The van der Waals surface area contributed by atoms with Gasteiger partial charge < -0.3 is 10.6 Å². The van der Waals surface area contributed by atoms with Crippen molar-refractivity contribution in [2.75, 3.05) is 17.2 Å². The molecule has 5 heteroatoms. The van der Waals surface area contributed by atoms with Crippen LogP contribution in [0.15, 0.2) is 12.4 Å². The standard InChI is InChI=1S/C15H22N4S/c1-6-16-14-10(3)15(18-8-17-14)19-11(4)13-7-9(2)20-12(13)5/h7-8,11H,6H2,1-5H3,(H2,16,17,18,19). The summed E-state index contributed by atoms with van der Waals surface area (Å²) >= 11 is 1.84. The number of anilines is 2. The van der Waals surface area contributed by atoms with Crippen molar-refractivity contribution in [1.82, 2.24) is 9.97 Å². The summed E-state index contributed by atoms with van der Waals surface area (Å²) in [6, 6.07) is 2.49. The van der Waals surface area contributed by atoms with E-state index in [0.29, 0.717) is 0 Å². The summed E-state index contributed by atoms with van der Waals surface area (Å²) in [5.41, 5.74) is 2.40. The number of rotatable bonds is 5. The van der Waals surface area contributed by atoms with E-state index >= 15 is 0 Å². The van der Waals surface area contributed by atoms with E-state index in [1.807, 2.05) is 18.3 Å². The first-order valence-electron chi connectivity index (χ1n) is 6.91. The molecule has 0 saturated heterocycles. The third-order valence-corrected chi connectivity index (χ3v) is 4.31. The lowest BCUT2D eigenvalue weighted by molar-refractivity contribution is 0.865. The van der Waals surface area contributed by atoms with E-state index in [4.69, 9.17) is 0 Å². The van der Waals surface area contributed by atoms with Gasteiger partial charge in [0.2, 0.25) is 0 Å². The van der Waals surface area contributed by atoms with Crippen LogP contribution >= 0.6 is 11.3 Å². The van der Waals surface area contributed by atoms with Gasteiger partial charge in [-0.2, -0.15) is 0 Å². The minimum atomic E-state index is 0.239. The van der Waals surface area contributed by atoms with E-state index in [0.717, 1.165) is 23.7 Å². The number of nitrogens with zero attached hydrogens (tertiary/aromatic N) is 2. The van der Waals surface area contributed by atoms with Crippen molar-refractivity contribution in [1.29, 1.82) is 0 Å². The minimum absolute atomic E-state index is 0.239. The van der Waals surface area contributed by atoms with E-state index in [2.05, 4.69) is 54.4 Å². The molecule has 0 aromatic carbocycles. The van der Waals surface area contributed by atoms with Crippen LogP contribution in [0.25, 0.3) is 0 Å². The van der Waals surface area contributed by atoms with E-state index in [1.165, 1.54) is 15.3 Å². The van der Waals surface area contributed by atoms with E-state index < -0.39 is 0 Å². The Morgan fingerprint density at radius 1 is 1.20 bits per heavy atom. The first-order valence-corrected chi connectivity index (χ1v) is 7.73. The number of thiophene rings is 1. The molecule has 2 aromatic rings. The first kappa shape index (κ1) is 14.8. The van der Waals surface area contributed by atoms with Crippen LogP contribution in [0.2, 0.25) is 0 Å². The fraction of sp³-hybridized carbons (Fsp3) is 0.467. The molecule has 1 unspecified atom stereocenters. The molecule has 0 amide bonds. The summed E-state index contributed by atoms with van der Waals surface area (Å²) in [7, 11) is 0. The maximum absolute atomic E-state index is 4.36. The Morgan fingerprint density at radius 3 is 2.50 bits per heavy atom. The van der Waals surface area contributed by atoms with Gasteiger partial charge in [0.05, 0.1) is 6.04 Å². The average molecular weight is 290 g/mol. The third-order valence-electron chi connectivity index (χ3n) is 3.33. The minimum Gasteiger partial charge on any atom is -0.370 e. The molecule has 0 aliphatic rings. The normalized spacial score (nSPS) is 12.2. The van der Waals surface area contributed by atoms with Crippen LogP contribution in [0.3, 0.4) is 0 Å². The second kappa shape index (κ2) is 6.22. The highest BCUT2D eigenvalue weighted by Gasteiger charge is 2.14. The average Bonchev–Trinajstić information content (AvgIpc) is 2.73. The quantitative estimate of drug-likeness (QED) is 0.871. The molecule has 0 aliphatic heterocycles. The van der Waals surface area contributed by atoms with Gasteiger partial charge >= 0.3 is 0 Å². The van der Waals surface area contributed by atoms with Crippen molar-refractivity contribution in [3.63, 3.8) is 0 Å². The summed E-state index contributed by atoms with van der Waals surface area (Å²) in [6.07, 6.45) is 1.60. The molecule has 0 fully saturated rings. The summed E-state index contributed by atoms with van der Waals surface area (Å²) in [4.78, 5) is 11.3. The van der Waals surface area contributed by atoms with Gasteiger partial charge in [-0.15, -0.1) is 11.3 Å². The van der Waals surface area contributed by atoms with E-state index in [1.54, 1.807) is 6.33 Å². The van der Waals surface area contributed by atoms with Crippen molar-refractivity contribution in [2.45, 2.75) is 40.7 Å². The highest BCUT2D eigenvalue weighted by atomic mass is 32.1. The Hall–Kier alpha value is -1.62. The molecule has 2 rings (SSSR count). The summed E-state index contributed by atoms with van der Waals surface area (Å²) in [5, 5.41) is 6.75. The van der Waals surface area contributed by atoms with Gasteiger partial charge in [-0.3, -0.25) is 0 Å². The molecular formula is C15H22N4S. The zero-order valence-corrected chi connectivity index (χ0v) is 13.6. The van der Waals surface area contributed by atoms with Crippen LogP contribution in [0.5, 0.6) is 0 Å². The SMILES string of the molecule is CCNc1ncnc(NC(C)c2cc(C)sc2C)c1C. The molecule has 1 atom stereocenters. The van der Waals surface area contributed by atoms with Gasteiger partial charge in [-0.1, -0.05) is 0 Å². The Morgan fingerprint density at radius 2 is 1.90 bits per heavy atom. The van der Waals surface area contributed by atoms with Crippen molar-refractivity contribution < 1.29 is 0 Å². The smallest absolute Gasteiger partial charge is 0.134 e. The van der Waals surface area contributed by atoms with Crippen LogP contribution in [0.4, 0.5) is 11.6 Å². The van der Waals surface area contributed by atoms with Crippen LogP contribution in [-0.4, -0.2) is 16.5 Å². The number of hydrogen-bond acceptors (Lipinski definition) is 5. The molecule has 0 saturated carbocycles. The van der Waals surface area contributed by atoms with Gasteiger partial charge in [-0.05, 0) is 46.2 Å². The molecule has 0 bridgehead atoms. The first-order chi connectivity index (χ1) is 9.52. The largest absolute Gasteiger partial charge is 0.370 e. The van der Waals surface area contributed by atoms with Gasteiger partial charge in [0, 0.05) is 21.9 Å². The Labute approximate surface area is 124 Å². The monoisotopic (exact) mass is 290 g/mol. The fourth-order valence-corrected chi connectivity index (χ4v) is 3.33. The van der Waals surface area contributed by atoms with Crippen LogP contribution in [0, 0.1) is 20.8 Å². The number of aromatic nitrogens is 2. The predicted molar refractivity (Wildman–Crippen MR) is 86.8 cm³/mol. The topological polar surface area (TPSA) is 49.8 Å². The second-order valence-electron chi connectivity index (χ2n) is 4.96. The van der Waals surface area contributed by atoms with Crippen molar-refractivity contribution in [2.24, 2.45) is 0 Å². The van der Waals surface area contributed by atoms with Crippen molar-refractivity contribution in [3.8, 4) is 0 Å².